The Morgan fingerprint density at radius 2 is 0.614 bits per heavy atom. The first-order valence-corrected chi connectivity index (χ1v) is 15.2. The lowest BCUT2D eigenvalue weighted by atomic mass is 10.1. The maximum atomic E-state index is 2.36. The highest BCUT2D eigenvalue weighted by Crippen LogP contribution is 2.37. The molecule has 0 N–H and O–H groups in total. The molecule has 0 aliphatic carbocycles. The molecular formula is C42H38N2. The van der Waals surface area contributed by atoms with Gasteiger partial charge < -0.3 is 9.80 Å². The molecule has 0 spiro atoms. The van der Waals surface area contributed by atoms with E-state index in [1.54, 1.807) is 0 Å². The summed E-state index contributed by atoms with van der Waals surface area (Å²) in [5.74, 6) is 0. The van der Waals surface area contributed by atoms with Crippen molar-refractivity contribution in [1.82, 2.24) is 0 Å². The fourth-order valence-corrected chi connectivity index (χ4v) is 5.87. The van der Waals surface area contributed by atoms with Gasteiger partial charge in [-0.3, -0.25) is 0 Å². The third-order valence-electron chi connectivity index (χ3n) is 7.73. The number of nitrogens with zero attached hydrogens (tertiary/aromatic N) is 2. The highest BCUT2D eigenvalue weighted by molar-refractivity contribution is 5.80. The first kappa shape index (κ1) is 28.8. The van der Waals surface area contributed by atoms with Gasteiger partial charge in [0.2, 0.25) is 0 Å². The van der Waals surface area contributed by atoms with Gasteiger partial charge in [-0.1, -0.05) is 84.9 Å². The summed E-state index contributed by atoms with van der Waals surface area (Å²) >= 11 is 0. The van der Waals surface area contributed by atoms with Gasteiger partial charge in [0.15, 0.2) is 0 Å². The Labute approximate surface area is 262 Å². The molecule has 0 aliphatic heterocycles. The summed E-state index contributed by atoms with van der Waals surface area (Å²) in [6.45, 7) is 8.66. The smallest absolute Gasteiger partial charge is 0.0466 e. The fourth-order valence-electron chi connectivity index (χ4n) is 5.87. The Kier molecular flexibility index (Phi) is 8.43. The quantitative estimate of drug-likeness (QED) is 0.168. The van der Waals surface area contributed by atoms with Gasteiger partial charge in [-0.25, -0.2) is 0 Å². The predicted molar refractivity (Wildman–Crippen MR) is 190 cm³/mol. The van der Waals surface area contributed by atoms with E-state index in [4.69, 9.17) is 0 Å². The lowest BCUT2D eigenvalue weighted by molar-refractivity contribution is 1.23. The first-order chi connectivity index (χ1) is 21.4. The van der Waals surface area contributed by atoms with Gasteiger partial charge >= 0.3 is 0 Å². The molecule has 0 radical (unpaired) electrons. The van der Waals surface area contributed by atoms with E-state index in [9.17, 15) is 0 Å². The Morgan fingerprint density at radius 3 is 0.955 bits per heavy atom. The average Bonchev–Trinajstić information content (AvgIpc) is 3.02. The molecule has 6 rings (SSSR count). The van der Waals surface area contributed by atoms with Crippen LogP contribution in [0.5, 0.6) is 0 Å². The van der Waals surface area contributed by atoms with Crippen molar-refractivity contribution in [2.45, 2.75) is 27.7 Å². The summed E-state index contributed by atoms with van der Waals surface area (Å²) in [7, 11) is 0. The highest BCUT2D eigenvalue weighted by Gasteiger charge is 2.14. The monoisotopic (exact) mass is 570 g/mol. The third-order valence-corrected chi connectivity index (χ3v) is 7.73. The van der Waals surface area contributed by atoms with Gasteiger partial charge in [0.05, 0.1) is 0 Å². The van der Waals surface area contributed by atoms with Gasteiger partial charge in [0.25, 0.3) is 0 Å². The summed E-state index contributed by atoms with van der Waals surface area (Å²) in [6.07, 6.45) is 4.36. The molecule has 6 aromatic rings. The highest BCUT2D eigenvalue weighted by atomic mass is 15.1. The average molecular weight is 571 g/mol. The number of aryl methyl sites for hydroxylation is 4. The van der Waals surface area contributed by atoms with Crippen LogP contribution in [-0.4, -0.2) is 0 Å². The van der Waals surface area contributed by atoms with Crippen molar-refractivity contribution in [1.29, 1.82) is 0 Å². The second-order valence-corrected chi connectivity index (χ2v) is 11.6. The number of anilines is 6. The molecule has 0 saturated carbocycles. The van der Waals surface area contributed by atoms with E-state index >= 15 is 0 Å². The van der Waals surface area contributed by atoms with Crippen LogP contribution < -0.4 is 9.80 Å². The molecule has 0 aliphatic rings. The maximum Gasteiger partial charge on any atom is 0.0466 e. The summed E-state index contributed by atoms with van der Waals surface area (Å²) in [4.78, 5) is 4.64. The van der Waals surface area contributed by atoms with Crippen LogP contribution in [0.3, 0.4) is 0 Å². The zero-order valence-electron chi connectivity index (χ0n) is 25.9. The summed E-state index contributed by atoms with van der Waals surface area (Å²) < 4.78 is 0. The molecule has 2 heteroatoms. The minimum absolute atomic E-state index is 1.13. The van der Waals surface area contributed by atoms with Crippen molar-refractivity contribution in [2.24, 2.45) is 0 Å². The molecule has 2 nitrogen and oxygen atoms in total. The van der Waals surface area contributed by atoms with Gasteiger partial charge in [-0.05, 0) is 134 Å². The Bertz CT molecular complexity index is 1740. The van der Waals surface area contributed by atoms with Crippen LogP contribution in [-0.2, 0) is 0 Å². The van der Waals surface area contributed by atoms with Crippen LogP contribution in [0.1, 0.15) is 33.4 Å². The largest absolute Gasteiger partial charge is 0.311 e. The number of para-hydroxylation sites is 2. The van der Waals surface area contributed by atoms with E-state index in [0.717, 1.165) is 33.9 Å². The van der Waals surface area contributed by atoms with Crippen LogP contribution in [0.2, 0.25) is 0 Å². The molecular weight excluding hydrogens is 532 g/mol. The molecule has 0 unspecified atom stereocenters. The molecule has 0 fully saturated rings. The van der Waals surface area contributed by atoms with Gasteiger partial charge in [-0.15, -0.1) is 0 Å². The van der Waals surface area contributed by atoms with Crippen molar-refractivity contribution >= 4 is 46.3 Å². The Hall–Kier alpha value is -5.34. The second-order valence-electron chi connectivity index (χ2n) is 11.6. The topological polar surface area (TPSA) is 6.48 Å². The van der Waals surface area contributed by atoms with Crippen LogP contribution in [0, 0.1) is 27.7 Å². The fraction of sp³-hybridized carbons (Fsp3) is 0.0952. The normalized spacial score (nSPS) is 11.1. The van der Waals surface area contributed by atoms with E-state index in [0.29, 0.717) is 0 Å². The number of hydrogen-bond acceptors (Lipinski definition) is 2. The molecule has 0 heterocycles. The summed E-state index contributed by atoms with van der Waals surface area (Å²) in [6, 6.07) is 52.1. The standard InChI is InChI=1S/C42H38N2/c1-31-25-32(2)28-41(27-31)44(42-29-33(3)26-34(4)30-42)40-23-19-36(20-24-40)16-15-35-17-21-39(22-18-35)43(37-11-7-5-8-12-37)38-13-9-6-10-14-38/h5-30H,1-4H3. The van der Waals surface area contributed by atoms with E-state index < -0.39 is 0 Å². The van der Waals surface area contributed by atoms with Crippen molar-refractivity contribution < 1.29 is 0 Å². The molecule has 0 bridgehead atoms. The van der Waals surface area contributed by atoms with Crippen molar-refractivity contribution in [2.75, 3.05) is 9.80 Å². The van der Waals surface area contributed by atoms with E-state index in [1.165, 1.54) is 33.6 Å². The zero-order chi connectivity index (χ0) is 30.5. The zero-order valence-corrected chi connectivity index (χ0v) is 25.9. The second kappa shape index (κ2) is 12.9. The van der Waals surface area contributed by atoms with Gasteiger partial charge in [0, 0.05) is 34.1 Å². The van der Waals surface area contributed by atoms with Crippen molar-refractivity contribution in [3.05, 3.63) is 179 Å². The van der Waals surface area contributed by atoms with Crippen molar-refractivity contribution in [3.63, 3.8) is 0 Å². The van der Waals surface area contributed by atoms with E-state index in [2.05, 4.69) is 195 Å². The number of benzene rings is 6. The number of hydrogen-bond donors (Lipinski definition) is 0. The third kappa shape index (κ3) is 6.66. The van der Waals surface area contributed by atoms with Crippen molar-refractivity contribution in [3.8, 4) is 0 Å². The minimum atomic E-state index is 1.13. The van der Waals surface area contributed by atoms with Crippen LogP contribution in [0.4, 0.5) is 34.1 Å². The molecule has 0 saturated heterocycles. The molecule has 6 aromatic carbocycles. The lowest BCUT2D eigenvalue weighted by Gasteiger charge is -2.27. The lowest BCUT2D eigenvalue weighted by Crippen LogP contribution is -2.11. The van der Waals surface area contributed by atoms with Gasteiger partial charge in [-0.2, -0.15) is 0 Å². The van der Waals surface area contributed by atoms with Gasteiger partial charge in [0.1, 0.15) is 0 Å². The molecule has 0 atom stereocenters. The summed E-state index contributed by atoms with van der Waals surface area (Å²) in [5.41, 5.74) is 14.3. The molecule has 0 amide bonds. The Balaban J connectivity index is 1.26. The van der Waals surface area contributed by atoms with Crippen LogP contribution in [0.25, 0.3) is 12.2 Å². The maximum absolute atomic E-state index is 2.36. The Morgan fingerprint density at radius 1 is 0.318 bits per heavy atom. The minimum Gasteiger partial charge on any atom is -0.311 e. The molecule has 216 valence electrons. The molecule has 0 aromatic heterocycles. The SMILES string of the molecule is Cc1cc(C)cc(N(c2ccc(C=Cc3ccc(N(c4ccccc4)c4ccccc4)cc3)cc2)c2cc(C)cc(C)c2)c1. The predicted octanol–water partition coefficient (Wildman–Crippen LogP) is 12.0. The van der Waals surface area contributed by atoms with Crippen LogP contribution >= 0.6 is 0 Å². The molecule has 44 heavy (non-hydrogen) atoms. The first-order valence-electron chi connectivity index (χ1n) is 15.2. The summed E-state index contributed by atoms with van der Waals surface area (Å²) in [5, 5.41) is 0. The van der Waals surface area contributed by atoms with E-state index in [1.807, 2.05) is 0 Å². The van der Waals surface area contributed by atoms with E-state index in [-0.39, 0.29) is 0 Å². The van der Waals surface area contributed by atoms with Crippen LogP contribution in [0.15, 0.2) is 146 Å². The number of rotatable bonds is 8.